The number of hydrogen-bond acceptors (Lipinski definition) is 2. The zero-order valence-corrected chi connectivity index (χ0v) is 20.6. The minimum absolute atomic E-state index is 0. The SMILES string of the molecule is C.CCc1ccc(CC)cc1.COc1ccc2ccccc2c1.COc1ccc2ccccc2c1. The molecule has 0 unspecified atom stereocenters. The van der Waals surface area contributed by atoms with Crippen LogP contribution in [0, 0.1) is 0 Å². The first kappa shape index (κ1) is 27.5. The fourth-order valence-electron chi connectivity index (χ4n) is 3.60. The summed E-state index contributed by atoms with van der Waals surface area (Å²) in [4.78, 5) is 0. The molecule has 5 rings (SSSR count). The highest BCUT2D eigenvalue weighted by molar-refractivity contribution is 5.84. The zero-order valence-electron chi connectivity index (χ0n) is 20.6. The van der Waals surface area contributed by atoms with Gasteiger partial charge in [-0.3, -0.25) is 0 Å². The van der Waals surface area contributed by atoms with Crippen molar-refractivity contribution in [1.82, 2.24) is 0 Å². The Morgan fingerprint density at radius 3 is 1.11 bits per heavy atom. The molecule has 5 aromatic rings. The summed E-state index contributed by atoms with van der Waals surface area (Å²) >= 11 is 0. The second-order valence-electron chi connectivity index (χ2n) is 7.95. The smallest absolute Gasteiger partial charge is 0.119 e. The Morgan fingerprint density at radius 1 is 0.457 bits per heavy atom. The molecule has 0 N–H and O–H groups in total. The first-order chi connectivity index (χ1) is 16.7. The van der Waals surface area contributed by atoms with Crippen molar-refractivity contribution in [1.29, 1.82) is 0 Å². The topological polar surface area (TPSA) is 18.5 Å². The van der Waals surface area contributed by atoms with Gasteiger partial charge in [0.2, 0.25) is 0 Å². The molecule has 0 heterocycles. The number of rotatable bonds is 4. The summed E-state index contributed by atoms with van der Waals surface area (Å²) in [5.74, 6) is 1.82. The van der Waals surface area contributed by atoms with E-state index in [0.29, 0.717) is 0 Å². The maximum atomic E-state index is 5.12. The van der Waals surface area contributed by atoms with E-state index >= 15 is 0 Å². The third kappa shape index (κ3) is 8.19. The molecule has 0 aliphatic rings. The standard InChI is InChI=1S/2C11H10O.C10H14.CH4/c2*1-12-11-7-6-9-4-2-3-5-10(9)8-11;1-3-9-5-7-10(4-2)8-6-9;/h2*2-8H,1H3;5-8H,3-4H2,1-2H3;1H4. The maximum Gasteiger partial charge on any atom is 0.119 e. The molecule has 0 aromatic heterocycles. The van der Waals surface area contributed by atoms with Crippen LogP contribution >= 0.6 is 0 Å². The predicted octanol–water partition coefficient (Wildman–Crippen LogP) is 9.14. The molecule has 0 bridgehead atoms. The number of hydrogen-bond donors (Lipinski definition) is 0. The summed E-state index contributed by atoms with van der Waals surface area (Å²) < 4.78 is 10.2. The molecular formula is C33H38O2. The van der Waals surface area contributed by atoms with Crippen molar-refractivity contribution in [2.75, 3.05) is 14.2 Å². The number of fused-ring (bicyclic) bond motifs is 2. The minimum atomic E-state index is 0. The predicted molar refractivity (Wildman–Crippen MR) is 153 cm³/mol. The van der Waals surface area contributed by atoms with Crippen LogP contribution in [0.25, 0.3) is 21.5 Å². The van der Waals surface area contributed by atoms with E-state index in [1.165, 1.54) is 32.7 Å². The van der Waals surface area contributed by atoms with Gasteiger partial charge in [-0.05, 0) is 69.8 Å². The Labute approximate surface area is 211 Å². The normalized spacial score (nSPS) is 9.71. The number of aryl methyl sites for hydroxylation is 2. The van der Waals surface area contributed by atoms with Crippen LogP contribution in [0.15, 0.2) is 109 Å². The molecule has 0 saturated heterocycles. The Bertz CT molecular complexity index is 1190. The van der Waals surface area contributed by atoms with E-state index in [9.17, 15) is 0 Å². The van der Waals surface area contributed by atoms with Crippen molar-refractivity contribution < 1.29 is 9.47 Å². The van der Waals surface area contributed by atoms with Crippen molar-refractivity contribution in [2.24, 2.45) is 0 Å². The number of methoxy groups -OCH3 is 2. The summed E-state index contributed by atoms with van der Waals surface area (Å²) in [6, 6.07) is 37.5. The quantitative estimate of drug-likeness (QED) is 0.263. The van der Waals surface area contributed by atoms with Crippen LogP contribution in [0.1, 0.15) is 32.4 Å². The first-order valence-electron chi connectivity index (χ1n) is 11.8. The number of benzene rings is 5. The van der Waals surface area contributed by atoms with Crippen LogP contribution in [0.4, 0.5) is 0 Å². The molecule has 0 atom stereocenters. The summed E-state index contributed by atoms with van der Waals surface area (Å²) in [7, 11) is 3.37. The highest BCUT2D eigenvalue weighted by atomic mass is 16.5. The molecule has 0 fully saturated rings. The van der Waals surface area contributed by atoms with Gasteiger partial charge in [0.1, 0.15) is 11.5 Å². The molecule has 182 valence electrons. The van der Waals surface area contributed by atoms with E-state index in [1.807, 2.05) is 48.5 Å². The van der Waals surface area contributed by atoms with Gasteiger partial charge in [-0.25, -0.2) is 0 Å². The average Bonchev–Trinajstić information content (AvgIpc) is 2.93. The largest absolute Gasteiger partial charge is 0.497 e. The molecule has 0 spiro atoms. The lowest BCUT2D eigenvalue weighted by molar-refractivity contribution is 0.415. The Hall–Kier alpha value is -3.78. The lowest BCUT2D eigenvalue weighted by Gasteiger charge is -2.00. The molecule has 2 nitrogen and oxygen atoms in total. The Morgan fingerprint density at radius 2 is 0.800 bits per heavy atom. The van der Waals surface area contributed by atoms with Crippen molar-refractivity contribution in [2.45, 2.75) is 34.1 Å². The molecule has 35 heavy (non-hydrogen) atoms. The Kier molecular flexibility index (Phi) is 11.4. The van der Waals surface area contributed by atoms with Gasteiger partial charge in [0.25, 0.3) is 0 Å². The third-order valence-electron chi connectivity index (χ3n) is 5.75. The fraction of sp³-hybridized carbons (Fsp3) is 0.212. The molecule has 0 saturated carbocycles. The van der Waals surface area contributed by atoms with Gasteiger partial charge >= 0.3 is 0 Å². The van der Waals surface area contributed by atoms with Gasteiger partial charge in [-0.15, -0.1) is 0 Å². The van der Waals surface area contributed by atoms with Crippen LogP contribution < -0.4 is 9.47 Å². The highest BCUT2D eigenvalue weighted by Gasteiger charge is 1.94. The second-order valence-corrected chi connectivity index (χ2v) is 7.95. The lowest BCUT2D eigenvalue weighted by Crippen LogP contribution is -1.81. The van der Waals surface area contributed by atoms with Crippen molar-refractivity contribution in [3.05, 3.63) is 120 Å². The van der Waals surface area contributed by atoms with Gasteiger partial charge < -0.3 is 9.47 Å². The van der Waals surface area contributed by atoms with Gasteiger partial charge in [-0.2, -0.15) is 0 Å². The first-order valence-corrected chi connectivity index (χ1v) is 11.8. The maximum absolute atomic E-state index is 5.12. The summed E-state index contributed by atoms with van der Waals surface area (Å²) in [6.07, 6.45) is 2.29. The van der Waals surface area contributed by atoms with Gasteiger partial charge in [0.15, 0.2) is 0 Å². The molecular weight excluding hydrogens is 428 g/mol. The van der Waals surface area contributed by atoms with Crippen LogP contribution in [-0.2, 0) is 12.8 Å². The fourth-order valence-corrected chi connectivity index (χ4v) is 3.60. The second kappa shape index (κ2) is 14.5. The average molecular weight is 467 g/mol. The van der Waals surface area contributed by atoms with E-state index in [1.54, 1.807) is 14.2 Å². The lowest BCUT2D eigenvalue weighted by atomic mass is 10.1. The summed E-state index contributed by atoms with van der Waals surface area (Å²) in [5.41, 5.74) is 2.86. The van der Waals surface area contributed by atoms with Crippen LogP contribution in [0.5, 0.6) is 11.5 Å². The third-order valence-corrected chi connectivity index (χ3v) is 5.75. The monoisotopic (exact) mass is 466 g/mol. The molecule has 0 aliphatic heterocycles. The molecule has 0 aliphatic carbocycles. The number of ether oxygens (including phenoxy) is 2. The van der Waals surface area contributed by atoms with Gasteiger partial charge in [0.05, 0.1) is 14.2 Å². The molecule has 0 radical (unpaired) electrons. The minimum Gasteiger partial charge on any atom is -0.497 e. The van der Waals surface area contributed by atoms with Crippen molar-refractivity contribution >= 4 is 21.5 Å². The van der Waals surface area contributed by atoms with Crippen LogP contribution in [-0.4, -0.2) is 14.2 Å². The van der Waals surface area contributed by atoms with Crippen molar-refractivity contribution in [3.63, 3.8) is 0 Å². The van der Waals surface area contributed by atoms with Crippen LogP contribution in [0.2, 0.25) is 0 Å². The van der Waals surface area contributed by atoms with Gasteiger partial charge in [-0.1, -0.05) is 106 Å². The van der Waals surface area contributed by atoms with E-state index < -0.39 is 0 Å². The van der Waals surface area contributed by atoms with E-state index in [2.05, 4.69) is 74.5 Å². The molecule has 2 heteroatoms. The van der Waals surface area contributed by atoms with E-state index in [4.69, 9.17) is 9.47 Å². The van der Waals surface area contributed by atoms with Crippen LogP contribution in [0.3, 0.4) is 0 Å². The van der Waals surface area contributed by atoms with Crippen molar-refractivity contribution in [3.8, 4) is 11.5 Å². The highest BCUT2D eigenvalue weighted by Crippen LogP contribution is 2.20. The summed E-state index contributed by atoms with van der Waals surface area (Å²) in [5, 5.41) is 4.94. The molecule has 5 aromatic carbocycles. The van der Waals surface area contributed by atoms with E-state index in [-0.39, 0.29) is 7.43 Å². The van der Waals surface area contributed by atoms with Gasteiger partial charge in [0, 0.05) is 0 Å². The Balaban J connectivity index is 0.000000184. The van der Waals surface area contributed by atoms with E-state index in [0.717, 1.165) is 24.3 Å². The molecule has 0 amide bonds. The zero-order chi connectivity index (χ0) is 24.2. The summed E-state index contributed by atoms with van der Waals surface area (Å²) in [6.45, 7) is 4.36.